The van der Waals surface area contributed by atoms with Crippen molar-refractivity contribution in [2.24, 2.45) is 0 Å². The summed E-state index contributed by atoms with van der Waals surface area (Å²) in [6, 6.07) is 5.80. The predicted molar refractivity (Wildman–Crippen MR) is 91.9 cm³/mol. The first-order chi connectivity index (χ1) is 11.6. The number of aryl methyl sites for hydroxylation is 1. The van der Waals surface area contributed by atoms with Crippen LogP contribution in [0.25, 0.3) is 10.8 Å². The van der Waals surface area contributed by atoms with Gasteiger partial charge in [-0.05, 0) is 50.0 Å². The second kappa shape index (κ2) is 5.69. The minimum absolute atomic E-state index is 0.349. The summed E-state index contributed by atoms with van der Waals surface area (Å²) in [5.41, 5.74) is 3.01. The maximum Gasteiger partial charge on any atom is 0.513 e. The Labute approximate surface area is 141 Å². The number of benzene rings is 2. The quantitative estimate of drug-likeness (QED) is 0.626. The zero-order chi connectivity index (χ0) is 16.8. The van der Waals surface area contributed by atoms with Crippen molar-refractivity contribution in [3.05, 3.63) is 34.9 Å². The summed E-state index contributed by atoms with van der Waals surface area (Å²) in [7, 11) is 0. The Morgan fingerprint density at radius 3 is 2.75 bits per heavy atom. The molecule has 2 aliphatic carbocycles. The number of rotatable bonds is 3. The van der Waals surface area contributed by atoms with Crippen molar-refractivity contribution in [3.63, 3.8) is 0 Å². The number of carbonyl (C=O) groups excluding carboxylic acids is 1. The molecule has 1 saturated carbocycles. The molecule has 0 aromatic heterocycles. The number of carbonyl (C=O) groups is 1. The van der Waals surface area contributed by atoms with E-state index in [2.05, 4.69) is 0 Å². The van der Waals surface area contributed by atoms with Crippen molar-refractivity contribution in [3.8, 4) is 11.5 Å². The van der Waals surface area contributed by atoms with Crippen molar-refractivity contribution in [2.75, 3.05) is 6.61 Å². The molecule has 0 aliphatic heterocycles. The first-order valence-corrected chi connectivity index (χ1v) is 8.74. The fourth-order valence-electron chi connectivity index (χ4n) is 4.42. The highest BCUT2D eigenvalue weighted by Gasteiger charge is 2.43. The van der Waals surface area contributed by atoms with E-state index in [1.54, 1.807) is 0 Å². The van der Waals surface area contributed by atoms with Crippen LogP contribution in [0.1, 0.15) is 61.1 Å². The molecule has 1 N–H and O–H groups in total. The molecule has 0 saturated heterocycles. The molecule has 2 aliphatic rings. The molecular weight excluding hydrogens is 304 g/mol. The molecule has 4 rings (SSSR count). The van der Waals surface area contributed by atoms with Crippen LogP contribution in [0.15, 0.2) is 18.2 Å². The van der Waals surface area contributed by atoms with Crippen LogP contribution in [0, 0.1) is 6.92 Å². The Kier molecular flexibility index (Phi) is 3.63. The van der Waals surface area contributed by atoms with Gasteiger partial charge in [-0.25, -0.2) is 4.79 Å². The van der Waals surface area contributed by atoms with Crippen LogP contribution in [-0.2, 0) is 4.74 Å². The van der Waals surface area contributed by atoms with Crippen LogP contribution >= 0.6 is 0 Å². The SMILES string of the molecule is CCCOC(=O)Oc1c2c(c(O)c3cccc(C)c13)C1CCC2C1. The van der Waals surface area contributed by atoms with E-state index in [-0.39, 0.29) is 0 Å². The maximum absolute atomic E-state index is 12.1. The van der Waals surface area contributed by atoms with Gasteiger partial charge in [0.25, 0.3) is 0 Å². The predicted octanol–water partition coefficient (Wildman–Crippen LogP) is 5.14. The smallest absolute Gasteiger partial charge is 0.507 e. The topological polar surface area (TPSA) is 55.8 Å². The molecule has 2 atom stereocenters. The average molecular weight is 326 g/mol. The Balaban J connectivity index is 1.92. The van der Waals surface area contributed by atoms with E-state index >= 15 is 0 Å². The summed E-state index contributed by atoms with van der Waals surface area (Å²) in [5, 5.41) is 12.4. The van der Waals surface area contributed by atoms with Crippen molar-refractivity contribution < 1.29 is 19.4 Å². The Morgan fingerprint density at radius 2 is 2.00 bits per heavy atom. The van der Waals surface area contributed by atoms with Gasteiger partial charge in [0, 0.05) is 21.9 Å². The Hall–Kier alpha value is -2.23. The second-order valence-corrected chi connectivity index (χ2v) is 6.91. The number of fused-ring (bicyclic) bond motifs is 6. The Bertz CT molecular complexity index is 824. The minimum Gasteiger partial charge on any atom is -0.507 e. The van der Waals surface area contributed by atoms with Gasteiger partial charge in [0.05, 0.1) is 6.61 Å². The molecule has 2 aromatic carbocycles. The molecule has 4 nitrogen and oxygen atoms in total. The van der Waals surface area contributed by atoms with Crippen molar-refractivity contribution in [1.82, 2.24) is 0 Å². The fraction of sp³-hybridized carbons (Fsp3) is 0.450. The third kappa shape index (κ3) is 2.16. The van der Waals surface area contributed by atoms with Gasteiger partial charge < -0.3 is 14.6 Å². The van der Waals surface area contributed by atoms with E-state index < -0.39 is 6.16 Å². The number of hydrogen-bond acceptors (Lipinski definition) is 4. The van der Waals surface area contributed by atoms with Crippen LogP contribution < -0.4 is 4.74 Å². The number of phenolic OH excluding ortho intramolecular Hbond substituents is 1. The molecule has 126 valence electrons. The van der Waals surface area contributed by atoms with E-state index in [4.69, 9.17) is 9.47 Å². The standard InChI is InChI=1S/C20H22O4/c1-3-9-23-20(22)24-19-15-11(2)5-4-6-14(15)18(21)16-12-7-8-13(10-12)17(16)19/h4-6,12-13,21H,3,7-10H2,1-2H3. The van der Waals surface area contributed by atoms with Crippen LogP contribution in [0.4, 0.5) is 4.79 Å². The molecule has 2 bridgehead atoms. The highest BCUT2D eigenvalue weighted by Crippen LogP contribution is 2.61. The minimum atomic E-state index is -0.655. The molecule has 0 heterocycles. The largest absolute Gasteiger partial charge is 0.513 e. The third-order valence-corrected chi connectivity index (χ3v) is 5.40. The van der Waals surface area contributed by atoms with Crippen molar-refractivity contribution in [2.45, 2.75) is 51.4 Å². The summed E-state index contributed by atoms with van der Waals surface area (Å²) in [5.74, 6) is 1.71. The summed E-state index contributed by atoms with van der Waals surface area (Å²) in [6.07, 6.45) is 3.33. The Morgan fingerprint density at radius 1 is 1.25 bits per heavy atom. The molecule has 2 unspecified atom stereocenters. The van der Waals surface area contributed by atoms with Crippen molar-refractivity contribution in [1.29, 1.82) is 0 Å². The summed E-state index contributed by atoms with van der Waals surface area (Å²) >= 11 is 0. The van der Waals surface area contributed by atoms with E-state index in [0.717, 1.165) is 53.1 Å². The number of aromatic hydroxyl groups is 1. The van der Waals surface area contributed by atoms with Gasteiger partial charge in [0.2, 0.25) is 0 Å². The molecular formula is C20H22O4. The van der Waals surface area contributed by atoms with E-state index in [9.17, 15) is 9.90 Å². The highest BCUT2D eigenvalue weighted by atomic mass is 16.7. The lowest BCUT2D eigenvalue weighted by Crippen LogP contribution is -2.14. The van der Waals surface area contributed by atoms with Gasteiger partial charge in [0.1, 0.15) is 11.5 Å². The van der Waals surface area contributed by atoms with E-state index in [1.807, 2.05) is 32.0 Å². The normalized spacial score (nSPS) is 21.1. The summed E-state index contributed by atoms with van der Waals surface area (Å²) in [4.78, 5) is 12.1. The van der Waals surface area contributed by atoms with Gasteiger partial charge >= 0.3 is 6.16 Å². The molecule has 0 spiro atoms. The maximum atomic E-state index is 12.1. The van der Waals surface area contributed by atoms with Crippen LogP contribution in [0.5, 0.6) is 11.5 Å². The lowest BCUT2D eigenvalue weighted by molar-refractivity contribution is 0.0992. The molecule has 24 heavy (non-hydrogen) atoms. The average Bonchev–Trinajstić information content (AvgIpc) is 3.18. The van der Waals surface area contributed by atoms with Gasteiger partial charge in [-0.1, -0.05) is 25.1 Å². The zero-order valence-electron chi connectivity index (χ0n) is 14.1. The number of phenols is 1. The van der Waals surface area contributed by atoms with Gasteiger partial charge in [0.15, 0.2) is 0 Å². The molecule has 0 amide bonds. The highest BCUT2D eigenvalue weighted by molar-refractivity contribution is 6.00. The van der Waals surface area contributed by atoms with E-state index in [0.29, 0.717) is 29.9 Å². The molecule has 0 radical (unpaired) electrons. The summed E-state index contributed by atoms with van der Waals surface area (Å²) in [6.45, 7) is 4.28. The fourth-order valence-corrected chi connectivity index (χ4v) is 4.42. The third-order valence-electron chi connectivity index (χ3n) is 5.40. The summed E-state index contributed by atoms with van der Waals surface area (Å²) < 4.78 is 10.8. The lowest BCUT2D eigenvalue weighted by atomic mass is 9.86. The monoisotopic (exact) mass is 326 g/mol. The lowest BCUT2D eigenvalue weighted by Gasteiger charge is -2.23. The zero-order valence-corrected chi connectivity index (χ0v) is 14.1. The van der Waals surface area contributed by atoms with Gasteiger partial charge in [-0.2, -0.15) is 0 Å². The number of hydrogen-bond donors (Lipinski definition) is 1. The number of ether oxygens (including phenoxy) is 2. The van der Waals surface area contributed by atoms with Gasteiger partial charge in [-0.3, -0.25) is 0 Å². The molecule has 1 fully saturated rings. The van der Waals surface area contributed by atoms with Crippen LogP contribution in [-0.4, -0.2) is 17.9 Å². The first-order valence-electron chi connectivity index (χ1n) is 8.74. The molecule has 2 aromatic rings. The van der Waals surface area contributed by atoms with Crippen LogP contribution in [0.3, 0.4) is 0 Å². The molecule has 4 heteroatoms. The van der Waals surface area contributed by atoms with Crippen LogP contribution in [0.2, 0.25) is 0 Å². The van der Waals surface area contributed by atoms with E-state index in [1.165, 1.54) is 0 Å². The first kappa shape index (κ1) is 15.3. The van der Waals surface area contributed by atoms with Gasteiger partial charge in [-0.15, -0.1) is 0 Å². The van der Waals surface area contributed by atoms with Crippen molar-refractivity contribution >= 4 is 16.9 Å². The second-order valence-electron chi connectivity index (χ2n) is 6.91.